The van der Waals surface area contributed by atoms with Crippen LogP contribution >= 0.6 is 0 Å². The van der Waals surface area contributed by atoms with E-state index >= 15 is 0 Å². The highest BCUT2D eigenvalue weighted by atomic mass is 32.2. The van der Waals surface area contributed by atoms with E-state index in [9.17, 15) is 28.1 Å². The summed E-state index contributed by atoms with van der Waals surface area (Å²) in [5.74, 6) is -0.886. The number of hydrogen-bond acceptors (Lipinski definition) is 9. The fourth-order valence-corrected chi connectivity index (χ4v) is 7.29. The zero-order valence-corrected chi connectivity index (χ0v) is 30.7. The van der Waals surface area contributed by atoms with Gasteiger partial charge in [-0.15, -0.1) is 0 Å². The number of nitro benzene ring substituents is 1. The van der Waals surface area contributed by atoms with Gasteiger partial charge in [0.15, 0.2) is 0 Å². The number of sulfonamides is 1. The van der Waals surface area contributed by atoms with E-state index in [1.165, 1.54) is 23.7 Å². The van der Waals surface area contributed by atoms with Crippen molar-refractivity contribution in [2.75, 3.05) is 55.5 Å². The van der Waals surface area contributed by atoms with Crippen molar-refractivity contribution in [2.24, 2.45) is 0 Å². The summed E-state index contributed by atoms with van der Waals surface area (Å²) in [5, 5.41) is 14.7. The molecule has 0 radical (unpaired) electrons. The second kappa shape index (κ2) is 16.7. The number of carbonyl (C=O) groups excluding carboxylic acids is 2. The summed E-state index contributed by atoms with van der Waals surface area (Å²) in [6.45, 7) is 4.47. The Morgan fingerprint density at radius 1 is 0.852 bits per heavy atom. The maximum Gasteiger partial charge on any atom is 0.326 e. The number of hydrogen-bond donors (Lipinski definition) is 2. The Kier molecular flexibility index (Phi) is 11.7. The number of nitrogens with zero attached hydrogens (tertiary/aromatic N) is 4. The van der Waals surface area contributed by atoms with Crippen LogP contribution in [0, 0.1) is 10.1 Å². The maximum atomic E-state index is 13.2. The molecule has 0 bridgehead atoms. The van der Waals surface area contributed by atoms with Crippen molar-refractivity contribution < 1.29 is 27.7 Å². The predicted octanol–water partition coefficient (Wildman–Crippen LogP) is 6.52. The Labute approximate surface area is 314 Å². The molecule has 0 atom stereocenters. The summed E-state index contributed by atoms with van der Waals surface area (Å²) in [7, 11) is -1.63. The highest BCUT2D eigenvalue weighted by Gasteiger charge is 2.27. The molecule has 0 aromatic heterocycles. The van der Waals surface area contributed by atoms with Crippen LogP contribution < -0.4 is 19.8 Å². The van der Waals surface area contributed by atoms with Gasteiger partial charge < -0.3 is 15.0 Å². The highest BCUT2D eigenvalue weighted by molar-refractivity contribution is 7.90. The smallest absolute Gasteiger partial charge is 0.326 e. The first kappa shape index (κ1) is 37.7. The lowest BCUT2D eigenvalue weighted by atomic mass is 9.99. The molecule has 5 aromatic rings. The Hall–Kier alpha value is -6.09. The molecule has 54 heavy (non-hydrogen) atoms. The van der Waals surface area contributed by atoms with Gasteiger partial charge in [-0.05, 0) is 70.8 Å². The average molecular weight is 749 g/mol. The minimum atomic E-state index is -4.52. The molecule has 1 fully saturated rings. The monoisotopic (exact) mass is 748 g/mol. The van der Waals surface area contributed by atoms with Gasteiger partial charge >= 0.3 is 6.03 Å². The summed E-state index contributed by atoms with van der Waals surface area (Å²) < 4.78 is 33.5. The van der Waals surface area contributed by atoms with Gasteiger partial charge in [-0.3, -0.25) is 24.7 Å². The molecule has 1 heterocycles. The molecule has 278 valence electrons. The van der Waals surface area contributed by atoms with Crippen LogP contribution in [-0.4, -0.2) is 70.5 Å². The number of nitrogens with one attached hydrogen (secondary N) is 2. The number of ether oxygens (including phenoxy) is 1. The van der Waals surface area contributed by atoms with Crippen LogP contribution in [0.15, 0.2) is 126 Å². The molecule has 5 aromatic carbocycles. The molecule has 2 N–H and O–H groups in total. The van der Waals surface area contributed by atoms with Crippen LogP contribution in [0.25, 0.3) is 11.1 Å². The quantitative estimate of drug-likeness (QED) is 0.107. The van der Waals surface area contributed by atoms with Gasteiger partial charge in [-0.25, -0.2) is 17.9 Å². The van der Waals surface area contributed by atoms with E-state index < -0.39 is 37.5 Å². The fraction of sp³-hybridized carbons (Fsp3) is 0.200. The number of anilines is 3. The van der Waals surface area contributed by atoms with Crippen molar-refractivity contribution in [3.05, 3.63) is 148 Å². The number of benzene rings is 5. The Bertz CT molecular complexity index is 2230. The van der Waals surface area contributed by atoms with Gasteiger partial charge in [0.25, 0.3) is 21.6 Å². The van der Waals surface area contributed by atoms with E-state index in [0.29, 0.717) is 12.3 Å². The standard InChI is InChI=1S/C40H40N6O7S/c1-43(40(48)41-33-16-12-29(13-17-33)28-53-2)37-21-20-35(26-38(37)46(49)50)54(51,52)42-39(47)31-14-18-34(19-15-31)45-24-22-44(23-25-45)27-32-10-6-7-11-36(32)30-8-4-3-5-9-30/h3-21,26H,22-25,27-28H2,1-2H3,(H,41,48)(H,42,47). The molecule has 1 aliphatic rings. The zero-order chi connectivity index (χ0) is 38.2. The van der Waals surface area contributed by atoms with Crippen molar-refractivity contribution >= 4 is 44.7 Å². The molecule has 0 unspecified atom stereocenters. The van der Waals surface area contributed by atoms with E-state index in [0.717, 1.165) is 67.1 Å². The molecule has 14 heteroatoms. The van der Waals surface area contributed by atoms with Crippen LogP contribution in [-0.2, 0) is 27.9 Å². The molecular formula is C40H40N6O7S. The second-order valence-electron chi connectivity index (χ2n) is 12.8. The van der Waals surface area contributed by atoms with Crippen molar-refractivity contribution in [3.63, 3.8) is 0 Å². The zero-order valence-electron chi connectivity index (χ0n) is 29.8. The average Bonchev–Trinajstić information content (AvgIpc) is 3.19. The minimum Gasteiger partial charge on any atom is -0.380 e. The minimum absolute atomic E-state index is 0.108. The van der Waals surface area contributed by atoms with E-state index in [4.69, 9.17) is 4.74 Å². The first-order valence-corrected chi connectivity index (χ1v) is 18.7. The van der Waals surface area contributed by atoms with Gasteiger partial charge in [0.1, 0.15) is 5.69 Å². The predicted molar refractivity (Wildman–Crippen MR) is 208 cm³/mol. The lowest BCUT2D eigenvalue weighted by Crippen LogP contribution is -2.46. The number of urea groups is 1. The van der Waals surface area contributed by atoms with Gasteiger partial charge in [0.2, 0.25) is 0 Å². The summed E-state index contributed by atoms with van der Waals surface area (Å²) in [4.78, 5) is 42.3. The largest absolute Gasteiger partial charge is 0.380 e. The van der Waals surface area contributed by atoms with Gasteiger partial charge in [0, 0.05) is 69.9 Å². The highest BCUT2D eigenvalue weighted by Crippen LogP contribution is 2.31. The summed E-state index contributed by atoms with van der Waals surface area (Å²) >= 11 is 0. The third-order valence-corrected chi connectivity index (χ3v) is 10.6. The van der Waals surface area contributed by atoms with Gasteiger partial charge in [-0.1, -0.05) is 66.7 Å². The Morgan fingerprint density at radius 3 is 2.19 bits per heavy atom. The number of nitro groups is 1. The van der Waals surface area contributed by atoms with Crippen LogP contribution in [0.3, 0.4) is 0 Å². The van der Waals surface area contributed by atoms with Crippen molar-refractivity contribution in [3.8, 4) is 11.1 Å². The number of rotatable bonds is 12. The van der Waals surface area contributed by atoms with Crippen LogP contribution in [0.1, 0.15) is 21.5 Å². The van der Waals surface area contributed by atoms with E-state index in [1.807, 2.05) is 22.9 Å². The second-order valence-corrected chi connectivity index (χ2v) is 14.5. The SMILES string of the molecule is COCc1ccc(NC(=O)N(C)c2ccc(S(=O)(=O)NC(=O)c3ccc(N4CCN(Cc5ccccc5-c5ccccc5)CC4)cc3)cc2[N+](=O)[O-])cc1. The van der Waals surface area contributed by atoms with Gasteiger partial charge in [0.05, 0.1) is 16.4 Å². The summed E-state index contributed by atoms with van der Waals surface area (Å²) in [6, 6.07) is 34.7. The Morgan fingerprint density at radius 2 is 1.52 bits per heavy atom. The first-order chi connectivity index (χ1) is 26.0. The van der Waals surface area contributed by atoms with E-state index in [2.05, 4.69) is 51.5 Å². The maximum absolute atomic E-state index is 13.2. The number of amides is 3. The molecular weight excluding hydrogens is 709 g/mol. The first-order valence-electron chi connectivity index (χ1n) is 17.2. The Balaban J connectivity index is 1.06. The molecule has 1 saturated heterocycles. The topological polar surface area (TPSA) is 154 Å². The molecule has 0 aliphatic carbocycles. The normalized spacial score (nSPS) is 13.3. The fourth-order valence-electron chi connectivity index (χ4n) is 6.29. The van der Waals surface area contributed by atoms with Crippen molar-refractivity contribution in [2.45, 2.75) is 18.0 Å². The van der Waals surface area contributed by atoms with E-state index in [-0.39, 0.29) is 11.3 Å². The van der Waals surface area contributed by atoms with Crippen molar-refractivity contribution in [1.82, 2.24) is 9.62 Å². The lowest BCUT2D eigenvalue weighted by Gasteiger charge is -2.36. The molecule has 6 rings (SSSR count). The van der Waals surface area contributed by atoms with Crippen LogP contribution in [0.4, 0.5) is 27.5 Å². The molecule has 0 saturated carbocycles. The summed E-state index contributed by atoms with van der Waals surface area (Å²) in [6.07, 6.45) is 0. The summed E-state index contributed by atoms with van der Waals surface area (Å²) in [5.41, 5.74) is 5.25. The number of methoxy groups -OCH3 is 1. The van der Waals surface area contributed by atoms with E-state index in [1.54, 1.807) is 55.6 Å². The van der Waals surface area contributed by atoms with Gasteiger partial charge in [-0.2, -0.15) is 0 Å². The third-order valence-electron chi connectivity index (χ3n) is 9.23. The van der Waals surface area contributed by atoms with Crippen LogP contribution in [0.2, 0.25) is 0 Å². The third kappa shape index (κ3) is 8.92. The molecule has 0 spiro atoms. The molecule has 1 aliphatic heterocycles. The van der Waals surface area contributed by atoms with Crippen molar-refractivity contribution in [1.29, 1.82) is 0 Å². The molecule has 3 amide bonds. The number of piperazine rings is 1. The van der Waals surface area contributed by atoms with Crippen LogP contribution in [0.5, 0.6) is 0 Å². The molecule has 13 nitrogen and oxygen atoms in total. The lowest BCUT2D eigenvalue weighted by molar-refractivity contribution is -0.384. The number of carbonyl (C=O) groups is 2.